The van der Waals surface area contributed by atoms with E-state index in [1.807, 2.05) is 0 Å². The van der Waals surface area contributed by atoms with Crippen molar-refractivity contribution in [1.82, 2.24) is 4.98 Å². The molecule has 1 rings (SSSR count). The minimum Gasteiger partial charge on any atom is -0.298 e. The van der Waals surface area contributed by atoms with Gasteiger partial charge in [-0.15, -0.1) is 11.8 Å². The molecular formula is C10H13NOS. The highest BCUT2D eigenvalue weighted by Crippen LogP contribution is 2.20. The van der Waals surface area contributed by atoms with E-state index in [-0.39, 0.29) is 0 Å². The highest BCUT2D eigenvalue weighted by molar-refractivity contribution is 7.99. The second-order valence-electron chi connectivity index (χ2n) is 3.22. The van der Waals surface area contributed by atoms with Crippen molar-refractivity contribution < 1.29 is 4.79 Å². The summed E-state index contributed by atoms with van der Waals surface area (Å²) in [6.07, 6.45) is 2.57. The molecule has 0 saturated heterocycles. The maximum Gasteiger partial charge on any atom is 0.152 e. The maximum absolute atomic E-state index is 10.6. The summed E-state index contributed by atoms with van der Waals surface area (Å²) < 4.78 is 0. The number of thioether (sulfide) groups is 1. The van der Waals surface area contributed by atoms with E-state index in [4.69, 9.17) is 0 Å². The third-order valence-corrected chi connectivity index (χ3v) is 2.93. The number of carbonyl (C=O) groups is 1. The Morgan fingerprint density at radius 3 is 3.00 bits per heavy atom. The molecule has 0 N–H and O–H groups in total. The van der Waals surface area contributed by atoms with E-state index in [9.17, 15) is 4.79 Å². The molecule has 0 atom stereocenters. The number of aromatic nitrogens is 1. The van der Waals surface area contributed by atoms with Crippen LogP contribution in [0.4, 0.5) is 0 Å². The van der Waals surface area contributed by atoms with Crippen molar-refractivity contribution in [2.24, 2.45) is 5.92 Å². The molecule has 2 nitrogen and oxygen atoms in total. The number of hydrogen-bond acceptors (Lipinski definition) is 3. The summed E-state index contributed by atoms with van der Waals surface area (Å²) in [6.45, 7) is 4.30. The Bertz CT molecular complexity index is 286. The largest absolute Gasteiger partial charge is 0.298 e. The van der Waals surface area contributed by atoms with Crippen LogP contribution in [0, 0.1) is 5.92 Å². The van der Waals surface area contributed by atoms with Crippen LogP contribution in [0.25, 0.3) is 0 Å². The minimum absolute atomic E-state index is 0.617. The summed E-state index contributed by atoms with van der Waals surface area (Å²) in [5.41, 5.74) is 0.688. The number of hydrogen-bond donors (Lipinski definition) is 0. The van der Waals surface area contributed by atoms with Gasteiger partial charge in [-0.3, -0.25) is 4.79 Å². The lowest BCUT2D eigenvalue weighted by atomic mass is 10.3. The van der Waals surface area contributed by atoms with Gasteiger partial charge in [-0.05, 0) is 18.1 Å². The molecule has 0 aliphatic carbocycles. The third kappa shape index (κ3) is 3.19. The topological polar surface area (TPSA) is 30.0 Å². The van der Waals surface area contributed by atoms with Gasteiger partial charge in [0.15, 0.2) is 6.29 Å². The molecule has 0 saturated carbocycles. The molecule has 0 fully saturated rings. The van der Waals surface area contributed by atoms with Crippen molar-refractivity contribution in [1.29, 1.82) is 0 Å². The fourth-order valence-corrected chi connectivity index (χ4v) is 1.77. The van der Waals surface area contributed by atoms with Crippen molar-refractivity contribution in [3.63, 3.8) is 0 Å². The second-order valence-corrected chi connectivity index (χ2v) is 4.23. The van der Waals surface area contributed by atoms with Gasteiger partial charge in [0.1, 0.15) is 5.03 Å². The molecule has 0 spiro atoms. The molecule has 13 heavy (non-hydrogen) atoms. The zero-order valence-electron chi connectivity index (χ0n) is 7.86. The molecule has 0 aliphatic heterocycles. The Kier molecular flexibility index (Phi) is 3.96. The predicted molar refractivity (Wildman–Crippen MR) is 55.2 cm³/mol. The first-order chi connectivity index (χ1) is 6.24. The normalized spacial score (nSPS) is 10.4. The van der Waals surface area contributed by atoms with Gasteiger partial charge in [0.25, 0.3) is 0 Å². The fourth-order valence-electron chi connectivity index (χ4n) is 0.859. The quantitative estimate of drug-likeness (QED) is 0.546. The molecule has 0 amide bonds. The van der Waals surface area contributed by atoms with E-state index in [1.54, 1.807) is 30.1 Å². The number of aldehydes is 1. The molecular weight excluding hydrogens is 182 g/mol. The van der Waals surface area contributed by atoms with Gasteiger partial charge in [0, 0.05) is 17.5 Å². The predicted octanol–water partition coefficient (Wildman–Crippen LogP) is 2.64. The lowest BCUT2D eigenvalue weighted by Gasteiger charge is -2.04. The summed E-state index contributed by atoms with van der Waals surface area (Å²) in [5.74, 6) is 1.62. The summed E-state index contributed by atoms with van der Waals surface area (Å²) in [6, 6.07) is 3.58. The summed E-state index contributed by atoms with van der Waals surface area (Å²) in [4.78, 5) is 14.8. The molecule has 1 heterocycles. The minimum atomic E-state index is 0.617. The number of pyridine rings is 1. The molecule has 0 unspecified atom stereocenters. The summed E-state index contributed by atoms with van der Waals surface area (Å²) in [7, 11) is 0. The van der Waals surface area contributed by atoms with Crippen LogP contribution < -0.4 is 0 Å². The van der Waals surface area contributed by atoms with Crippen molar-refractivity contribution >= 4 is 18.0 Å². The van der Waals surface area contributed by atoms with Crippen LogP contribution in [0.3, 0.4) is 0 Å². The van der Waals surface area contributed by atoms with E-state index in [1.165, 1.54) is 0 Å². The summed E-state index contributed by atoms with van der Waals surface area (Å²) in [5, 5.41) is 0.839. The van der Waals surface area contributed by atoms with Gasteiger partial charge in [-0.1, -0.05) is 13.8 Å². The van der Waals surface area contributed by atoms with Gasteiger partial charge in [-0.25, -0.2) is 4.98 Å². The number of carbonyl (C=O) groups excluding carboxylic acids is 1. The van der Waals surface area contributed by atoms with E-state index < -0.39 is 0 Å². The fraction of sp³-hybridized carbons (Fsp3) is 0.400. The SMILES string of the molecule is CC(C)CSc1ncccc1C=O. The first kappa shape index (κ1) is 10.3. The van der Waals surface area contributed by atoms with Crippen LogP contribution in [0.2, 0.25) is 0 Å². The third-order valence-electron chi connectivity index (χ3n) is 1.48. The molecule has 0 aliphatic rings. The zero-order chi connectivity index (χ0) is 9.68. The van der Waals surface area contributed by atoms with Crippen LogP contribution in [0.1, 0.15) is 24.2 Å². The van der Waals surface area contributed by atoms with Crippen LogP contribution in [-0.2, 0) is 0 Å². The van der Waals surface area contributed by atoms with Crippen molar-refractivity contribution in [2.45, 2.75) is 18.9 Å². The van der Waals surface area contributed by atoms with Gasteiger partial charge < -0.3 is 0 Å². The smallest absolute Gasteiger partial charge is 0.152 e. The maximum atomic E-state index is 10.6. The molecule has 70 valence electrons. The average molecular weight is 195 g/mol. The van der Waals surface area contributed by atoms with Gasteiger partial charge in [0.05, 0.1) is 0 Å². The summed E-state index contributed by atoms with van der Waals surface area (Å²) >= 11 is 1.64. The van der Waals surface area contributed by atoms with Crippen LogP contribution in [-0.4, -0.2) is 17.0 Å². The average Bonchev–Trinajstić information content (AvgIpc) is 2.15. The van der Waals surface area contributed by atoms with Gasteiger partial charge in [0.2, 0.25) is 0 Å². The first-order valence-electron chi connectivity index (χ1n) is 4.27. The lowest BCUT2D eigenvalue weighted by molar-refractivity contribution is 0.112. The standard InChI is InChI=1S/C10H13NOS/c1-8(2)7-13-10-9(6-12)4-3-5-11-10/h3-6,8H,7H2,1-2H3. The molecule has 0 aromatic carbocycles. The Morgan fingerprint density at radius 2 is 2.38 bits per heavy atom. The molecule has 3 heteroatoms. The van der Waals surface area contributed by atoms with E-state index in [0.29, 0.717) is 11.5 Å². The molecule has 0 radical (unpaired) electrons. The molecule has 0 bridgehead atoms. The van der Waals surface area contributed by atoms with E-state index in [0.717, 1.165) is 17.1 Å². The van der Waals surface area contributed by atoms with Crippen LogP contribution in [0.15, 0.2) is 23.4 Å². The van der Waals surface area contributed by atoms with Crippen LogP contribution >= 0.6 is 11.8 Å². The van der Waals surface area contributed by atoms with Gasteiger partial charge in [-0.2, -0.15) is 0 Å². The Labute approximate surface area is 82.8 Å². The van der Waals surface area contributed by atoms with E-state index in [2.05, 4.69) is 18.8 Å². The highest BCUT2D eigenvalue weighted by atomic mass is 32.2. The van der Waals surface area contributed by atoms with Crippen molar-refractivity contribution in [3.8, 4) is 0 Å². The first-order valence-corrected chi connectivity index (χ1v) is 5.25. The lowest BCUT2D eigenvalue weighted by Crippen LogP contribution is -1.94. The zero-order valence-corrected chi connectivity index (χ0v) is 8.67. The van der Waals surface area contributed by atoms with E-state index >= 15 is 0 Å². The van der Waals surface area contributed by atoms with Crippen molar-refractivity contribution in [2.75, 3.05) is 5.75 Å². The highest BCUT2D eigenvalue weighted by Gasteiger charge is 2.03. The molecule has 1 aromatic rings. The molecule has 1 aromatic heterocycles. The second kappa shape index (κ2) is 5.02. The van der Waals surface area contributed by atoms with Crippen LogP contribution in [0.5, 0.6) is 0 Å². The Balaban J connectivity index is 2.69. The van der Waals surface area contributed by atoms with Gasteiger partial charge >= 0.3 is 0 Å². The Hall–Kier alpha value is -0.830. The number of rotatable bonds is 4. The Morgan fingerprint density at radius 1 is 1.62 bits per heavy atom. The monoisotopic (exact) mass is 195 g/mol. The number of nitrogens with zero attached hydrogens (tertiary/aromatic N) is 1. The van der Waals surface area contributed by atoms with Crippen molar-refractivity contribution in [3.05, 3.63) is 23.9 Å².